The van der Waals surface area contributed by atoms with Gasteiger partial charge < -0.3 is 10.5 Å². The lowest BCUT2D eigenvalue weighted by atomic mass is 10.2. The Labute approximate surface area is 89.5 Å². The van der Waals surface area contributed by atoms with Gasteiger partial charge in [0, 0.05) is 0 Å². The highest BCUT2D eigenvalue weighted by Gasteiger charge is 1.98. The molecule has 0 aliphatic rings. The first-order valence-corrected chi connectivity index (χ1v) is 4.70. The number of benzene rings is 1. The lowest BCUT2D eigenvalue weighted by Crippen LogP contribution is -2.08. The Hall–Kier alpha value is -1.84. The summed E-state index contributed by atoms with van der Waals surface area (Å²) in [6.07, 6.45) is 2.29. The maximum absolute atomic E-state index is 5.50. The zero-order valence-electron chi connectivity index (χ0n) is 8.92. The number of aliphatic imine (C=N–C) groups is 2. The molecule has 0 aliphatic carbocycles. The minimum atomic E-state index is -0.267. The maximum Gasteiger partial charge on any atom is 0.188 e. The topological polar surface area (TPSA) is 60.0 Å². The third-order valence-electron chi connectivity index (χ3n) is 1.76. The van der Waals surface area contributed by atoms with Gasteiger partial charge in [0.25, 0.3) is 0 Å². The van der Waals surface area contributed by atoms with Gasteiger partial charge in [-0.15, -0.1) is 0 Å². The van der Waals surface area contributed by atoms with Crippen LogP contribution >= 0.6 is 0 Å². The lowest BCUT2D eigenvalue weighted by Gasteiger charge is -2.09. The number of aryl methyl sites for hydroxylation is 1. The normalized spacial score (nSPS) is 13.5. The third-order valence-corrected chi connectivity index (χ3v) is 1.76. The van der Waals surface area contributed by atoms with Crippen molar-refractivity contribution in [1.82, 2.24) is 0 Å². The molecule has 1 aromatic carbocycles. The van der Waals surface area contributed by atoms with E-state index < -0.39 is 0 Å². The van der Waals surface area contributed by atoms with Crippen molar-refractivity contribution in [3.05, 3.63) is 29.8 Å². The lowest BCUT2D eigenvalue weighted by molar-refractivity contribution is 0.233. The molecule has 1 aromatic rings. The summed E-state index contributed by atoms with van der Waals surface area (Å²) < 4.78 is 5.50. The summed E-state index contributed by atoms with van der Waals surface area (Å²) in [5.41, 5.74) is 6.26. The smallest absolute Gasteiger partial charge is 0.188 e. The van der Waals surface area contributed by atoms with Crippen molar-refractivity contribution in [2.75, 3.05) is 0 Å². The van der Waals surface area contributed by atoms with Crippen molar-refractivity contribution < 1.29 is 4.74 Å². The highest BCUT2D eigenvalue weighted by molar-refractivity contribution is 5.69. The molecule has 1 atom stereocenters. The molecule has 4 heteroatoms. The van der Waals surface area contributed by atoms with Gasteiger partial charge >= 0.3 is 0 Å². The predicted octanol–water partition coefficient (Wildman–Crippen LogP) is 1.74. The molecule has 0 bridgehead atoms. The largest absolute Gasteiger partial charge is 0.469 e. The van der Waals surface area contributed by atoms with E-state index in [2.05, 4.69) is 9.98 Å². The van der Waals surface area contributed by atoms with E-state index in [1.54, 1.807) is 0 Å². The third kappa shape index (κ3) is 4.26. The first kappa shape index (κ1) is 11.2. The van der Waals surface area contributed by atoms with Gasteiger partial charge in [-0.3, -0.25) is 0 Å². The second kappa shape index (κ2) is 5.80. The molecule has 0 radical (unpaired) electrons. The molecule has 0 spiro atoms. The van der Waals surface area contributed by atoms with E-state index in [-0.39, 0.29) is 6.23 Å². The first-order valence-electron chi connectivity index (χ1n) is 4.70. The number of rotatable bonds is 4. The Morgan fingerprint density at radius 1 is 1.33 bits per heavy atom. The van der Waals surface area contributed by atoms with Crippen molar-refractivity contribution in [1.29, 1.82) is 0 Å². The van der Waals surface area contributed by atoms with E-state index >= 15 is 0 Å². The Morgan fingerprint density at radius 3 is 2.60 bits per heavy atom. The van der Waals surface area contributed by atoms with E-state index in [4.69, 9.17) is 10.5 Å². The van der Waals surface area contributed by atoms with Crippen LogP contribution in [-0.2, 0) is 0 Å². The van der Waals surface area contributed by atoms with Crippen LogP contribution in [0.25, 0.3) is 0 Å². The fraction of sp³-hybridized carbons (Fsp3) is 0.273. The fourth-order valence-electron chi connectivity index (χ4n) is 1.02. The summed E-state index contributed by atoms with van der Waals surface area (Å²) in [5.74, 6) is 0.793. The molecule has 0 aliphatic heterocycles. The molecular weight excluding hydrogens is 190 g/mol. The van der Waals surface area contributed by atoms with E-state index in [9.17, 15) is 0 Å². The average molecular weight is 205 g/mol. The van der Waals surface area contributed by atoms with Crippen LogP contribution in [0.1, 0.15) is 12.5 Å². The quantitative estimate of drug-likeness (QED) is 0.601. The molecule has 1 rings (SSSR count). The van der Waals surface area contributed by atoms with Gasteiger partial charge in [-0.1, -0.05) is 17.7 Å². The Morgan fingerprint density at radius 2 is 2.00 bits per heavy atom. The van der Waals surface area contributed by atoms with Crippen molar-refractivity contribution in [2.45, 2.75) is 20.1 Å². The average Bonchev–Trinajstić information content (AvgIpc) is 2.22. The molecule has 0 aromatic heterocycles. The number of nitrogens with two attached hydrogens (primary N) is 1. The van der Waals surface area contributed by atoms with E-state index in [1.807, 2.05) is 38.1 Å². The van der Waals surface area contributed by atoms with Crippen LogP contribution in [-0.4, -0.2) is 18.9 Å². The summed E-state index contributed by atoms with van der Waals surface area (Å²) in [6, 6.07) is 7.80. The van der Waals surface area contributed by atoms with Gasteiger partial charge in [-0.25, -0.2) is 9.98 Å². The van der Waals surface area contributed by atoms with Crippen molar-refractivity contribution >= 4 is 12.7 Å². The summed E-state index contributed by atoms with van der Waals surface area (Å²) in [5, 5.41) is 0. The SMILES string of the molecule is Cc1ccc(OC(C)/N=C/N=CN)cc1. The summed E-state index contributed by atoms with van der Waals surface area (Å²) in [7, 11) is 0. The number of hydrogen-bond acceptors (Lipinski definition) is 2. The van der Waals surface area contributed by atoms with Crippen LogP contribution in [0.15, 0.2) is 34.3 Å². The van der Waals surface area contributed by atoms with Crippen molar-refractivity contribution in [3.63, 3.8) is 0 Å². The minimum absolute atomic E-state index is 0.267. The van der Waals surface area contributed by atoms with E-state index in [1.165, 1.54) is 18.2 Å². The van der Waals surface area contributed by atoms with Crippen LogP contribution < -0.4 is 10.5 Å². The molecule has 0 fully saturated rings. The van der Waals surface area contributed by atoms with Gasteiger partial charge in [0.05, 0.1) is 6.34 Å². The molecule has 2 N–H and O–H groups in total. The molecule has 1 unspecified atom stereocenters. The number of hydrogen-bond donors (Lipinski definition) is 1. The van der Waals surface area contributed by atoms with Crippen LogP contribution in [0.5, 0.6) is 5.75 Å². The summed E-state index contributed by atoms with van der Waals surface area (Å²) in [6.45, 7) is 3.86. The molecule has 0 heterocycles. The van der Waals surface area contributed by atoms with Gasteiger partial charge in [-0.05, 0) is 26.0 Å². The number of nitrogens with zero attached hydrogens (tertiary/aromatic N) is 2. The fourth-order valence-corrected chi connectivity index (χ4v) is 1.02. The zero-order chi connectivity index (χ0) is 11.1. The standard InChI is InChI=1S/C11H15N3O/c1-9-3-5-11(6-4-9)15-10(2)14-8-13-7-12/h3-8,10H,1-2H3,(H2,12,13,14). The molecule has 80 valence electrons. The van der Waals surface area contributed by atoms with Crippen molar-refractivity contribution in [2.24, 2.45) is 15.7 Å². The summed E-state index contributed by atoms with van der Waals surface area (Å²) in [4.78, 5) is 7.66. The maximum atomic E-state index is 5.50. The van der Waals surface area contributed by atoms with E-state index in [0.717, 1.165) is 5.75 Å². The molecule has 15 heavy (non-hydrogen) atoms. The highest BCUT2D eigenvalue weighted by Crippen LogP contribution is 2.13. The van der Waals surface area contributed by atoms with Crippen LogP contribution in [0.2, 0.25) is 0 Å². The van der Waals surface area contributed by atoms with E-state index in [0.29, 0.717) is 0 Å². The van der Waals surface area contributed by atoms with Gasteiger partial charge in [0.1, 0.15) is 12.1 Å². The Kier molecular flexibility index (Phi) is 4.34. The molecule has 0 saturated carbocycles. The monoisotopic (exact) mass is 205 g/mol. The highest BCUT2D eigenvalue weighted by atomic mass is 16.5. The Balaban J connectivity index is 2.51. The van der Waals surface area contributed by atoms with Gasteiger partial charge in [0.2, 0.25) is 0 Å². The van der Waals surface area contributed by atoms with Gasteiger partial charge in [0.15, 0.2) is 6.23 Å². The van der Waals surface area contributed by atoms with Gasteiger partial charge in [-0.2, -0.15) is 0 Å². The van der Waals surface area contributed by atoms with Crippen LogP contribution in [0.4, 0.5) is 0 Å². The molecular formula is C11H15N3O. The van der Waals surface area contributed by atoms with Crippen molar-refractivity contribution in [3.8, 4) is 5.75 Å². The second-order valence-corrected chi connectivity index (χ2v) is 3.09. The minimum Gasteiger partial charge on any atom is -0.469 e. The predicted molar refractivity (Wildman–Crippen MR) is 62.4 cm³/mol. The second-order valence-electron chi connectivity index (χ2n) is 3.09. The zero-order valence-corrected chi connectivity index (χ0v) is 8.92. The summed E-state index contributed by atoms with van der Waals surface area (Å²) >= 11 is 0. The Bertz CT molecular complexity index is 343. The molecule has 4 nitrogen and oxygen atoms in total. The molecule has 0 saturated heterocycles. The molecule has 0 amide bonds. The first-order chi connectivity index (χ1) is 7.22. The van der Waals surface area contributed by atoms with Crippen LogP contribution in [0.3, 0.4) is 0 Å². The van der Waals surface area contributed by atoms with Crippen LogP contribution in [0, 0.1) is 6.92 Å². The number of ether oxygens (including phenoxy) is 1.